The largest absolute Gasteiger partial charge is 0.386 e. The number of aliphatic hydroxyl groups excluding tert-OH is 1. The Labute approximate surface area is 244 Å². The van der Waals surface area contributed by atoms with Crippen molar-refractivity contribution in [1.82, 2.24) is 9.80 Å². The molecule has 3 atom stereocenters. The first-order chi connectivity index (χ1) is 19.1. The van der Waals surface area contributed by atoms with Crippen LogP contribution >= 0.6 is 22.7 Å². The summed E-state index contributed by atoms with van der Waals surface area (Å²) in [5.41, 5.74) is 5.54. The lowest BCUT2D eigenvalue weighted by atomic mass is 10.0. The lowest BCUT2D eigenvalue weighted by Crippen LogP contribution is -2.34. The molecular formula is C34H46N2OS2. The molecule has 39 heavy (non-hydrogen) atoms. The van der Waals surface area contributed by atoms with Crippen molar-refractivity contribution in [1.29, 1.82) is 0 Å². The first-order valence-corrected chi connectivity index (χ1v) is 16.2. The van der Waals surface area contributed by atoms with E-state index in [1.165, 1.54) is 35.2 Å². The van der Waals surface area contributed by atoms with E-state index in [4.69, 9.17) is 0 Å². The van der Waals surface area contributed by atoms with Crippen LogP contribution in [0.5, 0.6) is 0 Å². The maximum Gasteiger partial charge on any atom is 0.101 e. The average molecular weight is 563 g/mol. The second kappa shape index (κ2) is 16.1. The predicted octanol–water partition coefficient (Wildman–Crippen LogP) is 9.28. The van der Waals surface area contributed by atoms with Gasteiger partial charge < -0.3 is 5.11 Å². The molecule has 0 saturated carbocycles. The van der Waals surface area contributed by atoms with Gasteiger partial charge in [0.2, 0.25) is 0 Å². The van der Waals surface area contributed by atoms with Crippen molar-refractivity contribution >= 4 is 22.7 Å². The highest BCUT2D eigenvalue weighted by Crippen LogP contribution is 2.35. The topological polar surface area (TPSA) is 26.7 Å². The summed E-state index contributed by atoms with van der Waals surface area (Å²) in [6.07, 6.45) is 0.879. The first-order valence-electron chi connectivity index (χ1n) is 14.5. The third-order valence-electron chi connectivity index (χ3n) is 7.36. The summed E-state index contributed by atoms with van der Waals surface area (Å²) in [6.45, 7) is 16.5. The summed E-state index contributed by atoms with van der Waals surface area (Å²) in [5.74, 6) is 0. The minimum Gasteiger partial charge on any atom is -0.386 e. The predicted molar refractivity (Wildman–Crippen MR) is 171 cm³/mol. The molecule has 2 aromatic carbocycles. The number of aliphatic hydroxyl groups is 1. The second-order valence-electron chi connectivity index (χ2n) is 9.52. The zero-order valence-electron chi connectivity index (χ0n) is 24.5. The maximum atomic E-state index is 10.2. The molecule has 0 bridgehead atoms. The van der Waals surface area contributed by atoms with E-state index in [1.807, 2.05) is 45.1 Å². The molecule has 0 amide bonds. The van der Waals surface area contributed by atoms with E-state index in [1.54, 1.807) is 16.2 Å². The van der Waals surface area contributed by atoms with Crippen molar-refractivity contribution in [2.75, 3.05) is 13.1 Å². The van der Waals surface area contributed by atoms with Crippen LogP contribution in [0.25, 0.3) is 0 Å². The minimum absolute atomic E-state index is 0.333. The number of thiophene rings is 2. The van der Waals surface area contributed by atoms with E-state index >= 15 is 0 Å². The molecule has 0 fully saturated rings. The number of nitrogens with zero attached hydrogens (tertiary/aromatic N) is 2. The van der Waals surface area contributed by atoms with Gasteiger partial charge in [-0.3, -0.25) is 9.80 Å². The standard InChI is InChI=1S/C15H17NOS.C15H17NS.2C2H6/c1-11(12-5-3-2-4-6-12)16-9-13-7-8-18-15(13)14(17)10-16;1-12(13-5-3-2-4-6-13)16-9-7-15-14(11-16)8-10-17-15;2*1-2/h2-8,11,14,17H,9-10H2,1H3;2-6,8,10,12H,7,9,11H2,1H3;2*1-2H3. The Bertz CT molecular complexity index is 1200. The van der Waals surface area contributed by atoms with Crippen LogP contribution in [0.3, 0.4) is 0 Å². The molecule has 0 spiro atoms. The molecule has 3 nitrogen and oxygen atoms in total. The van der Waals surface area contributed by atoms with Crippen LogP contribution in [-0.4, -0.2) is 28.0 Å². The van der Waals surface area contributed by atoms with Crippen LogP contribution in [-0.2, 0) is 19.5 Å². The van der Waals surface area contributed by atoms with Crippen molar-refractivity contribution < 1.29 is 5.11 Å². The summed E-state index contributed by atoms with van der Waals surface area (Å²) in [7, 11) is 0. The third-order valence-corrected chi connectivity index (χ3v) is 9.44. The SMILES string of the molecule is CC.CC.CC(c1ccccc1)N1CCc2sccc2C1.CC(c1ccccc1)N1Cc2ccsc2C(O)C1. The van der Waals surface area contributed by atoms with Crippen molar-refractivity contribution in [3.8, 4) is 0 Å². The number of β-amino-alcohol motifs (C(OH)–C–C–N with tert-alkyl or cyclic N) is 1. The second-order valence-corrected chi connectivity index (χ2v) is 11.5. The highest BCUT2D eigenvalue weighted by Gasteiger charge is 2.28. The lowest BCUT2D eigenvalue weighted by molar-refractivity contribution is 0.0726. The van der Waals surface area contributed by atoms with Crippen LogP contribution in [0.2, 0.25) is 0 Å². The molecule has 0 saturated heterocycles. The number of benzene rings is 2. The van der Waals surface area contributed by atoms with Gasteiger partial charge in [0.1, 0.15) is 6.10 Å². The summed E-state index contributed by atoms with van der Waals surface area (Å²) >= 11 is 3.57. The van der Waals surface area contributed by atoms with Crippen LogP contribution in [0.1, 0.15) is 91.7 Å². The van der Waals surface area contributed by atoms with Crippen LogP contribution in [0, 0.1) is 0 Å². The van der Waals surface area contributed by atoms with Crippen molar-refractivity contribution in [2.24, 2.45) is 0 Å². The Kier molecular flexibility index (Phi) is 12.9. The molecular weight excluding hydrogens is 517 g/mol. The van der Waals surface area contributed by atoms with Gasteiger partial charge in [-0.2, -0.15) is 0 Å². The average Bonchev–Trinajstić information content (AvgIpc) is 3.69. The lowest BCUT2D eigenvalue weighted by Gasteiger charge is -2.35. The molecule has 2 aromatic heterocycles. The van der Waals surface area contributed by atoms with Gasteiger partial charge in [0, 0.05) is 48.0 Å². The highest BCUT2D eigenvalue weighted by atomic mass is 32.1. The fourth-order valence-electron chi connectivity index (χ4n) is 5.14. The Morgan fingerprint density at radius 1 is 0.692 bits per heavy atom. The highest BCUT2D eigenvalue weighted by molar-refractivity contribution is 7.10. The maximum absolute atomic E-state index is 10.2. The first kappa shape index (κ1) is 31.3. The van der Waals surface area contributed by atoms with Crippen LogP contribution in [0.4, 0.5) is 0 Å². The summed E-state index contributed by atoms with van der Waals surface area (Å²) in [4.78, 5) is 7.65. The van der Waals surface area contributed by atoms with Crippen LogP contribution in [0.15, 0.2) is 83.6 Å². The summed E-state index contributed by atoms with van der Waals surface area (Å²) in [6, 6.07) is 26.6. The normalized spacial score (nSPS) is 18.0. The fraction of sp³-hybridized carbons (Fsp3) is 0.412. The molecule has 4 aromatic rings. The number of hydrogen-bond donors (Lipinski definition) is 1. The molecule has 0 radical (unpaired) electrons. The van der Waals surface area contributed by atoms with Crippen molar-refractivity contribution in [2.45, 2.75) is 79.2 Å². The van der Waals surface area contributed by atoms with E-state index in [9.17, 15) is 5.11 Å². The number of hydrogen-bond acceptors (Lipinski definition) is 5. The van der Waals surface area contributed by atoms with Crippen molar-refractivity contribution in [3.63, 3.8) is 0 Å². The molecule has 2 aliphatic rings. The van der Waals surface area contributed by atoms with Gasteiger partial charge in [-0.25, -0.2) is 0 Å². The quantitative estimate of drug-likeness (QED) is 0.268. The third kappa shape index (κ3) is 8.12. The molecule has 1 N–H and O–H groups in total. The fourth-order valence-corrected chi connectivity index (χ4v) is 6.92. The van der Waals surface area contributed by atoms with E-state index in [0.717, 1.165) is 24.5 Å². The molecule has 2 aliphatic heterocycles. The van der Waals surface area contributed by atoms with Gasteiger partial charge in [0.25, 0.3) is 0 Å². The van der Waals surface area contributed by atoms with Gasteiger partial charge in [-0.15, -0.1) is 22.7 Å². The van der Waals surface area contributed by atoms with Crippen LogP contribution < -0.4 is 0 Å². The van der Waals surface area contributed by atoms with Gasteiger partial charge in [-0.05, 0) is 65.4 Å². The van der Waals surface area contributed by atoms with Gasteiger partial charge >= 0.3 is 0 Å². The van der Waals surface area contributed by atoms with E-state index in [0.29, 0.717) is 12.1 Å². The van der Waals surface area contributed by atoms with Crippen molar-refractivity contribution in [3.05, 3.63) is 116 Å². The Morgan fingerprint density at radius 2 is 1.21 bits per heavy atom. The Morgan fingerprint density at radius 3 is 1.82 bits per heavy atom. The number of fused-ring (bicyclic) bond motifs is 2. The number of rotatable bonds is 4. The molecule has 6 rings (SSSR count). The van der Waals surface area contributed by atoms with Gasteiger partial charge in [0.05, 0.1) is 0 Å². The zero-order valence-corrected chi connectivity index (χ0v) is 26.1. The smallest absolute Gasteiger partial charge is 0.101 e. The molecule has 4 heterocycles. The Balaban J connectivity index is 0.000000192. The monoisotopic (exact) mass is 562 g/mol. The van der Waals surface area contributed by atoms with E-state index in [2.05, 4.69) is 101 Å². The summed E-state index contributed by atoms with van der Waals surface area (Å²) in [5, 5.41) is 14.5. The van der Waals surface area contributed by atoms with E-state index in [-0.39, 0.29) is 6.10 Å². The summed E-state index contributed by atoms with van der Waals surface area (Å²) < 4.78 is 0. The van der Waals surface area contributed by atoms with E-state index < -0.39 is 0 Å². The minimum atomic E-state index is -0.333. The zero-order chi connectivity index (χ0) is 28.2. The molecule has 210 valence electrons. The molecule has 3 unspecified atom stereocenters. The Hall–Kier alpha value is -2.28. The molecule has 0 aliphatic carbocycles. The molecule has 5 heteroatoms. The van der Waals surface area contributed by atoms with Gasteiger partial charge in [0.15, 0.2) is 0 Å². The van der Waals surface area contributed by atoms with Gasteiger partial charge in [-0.1, -0.05) is 88.4 Å².